The van der Waals surface area contributed by atoms with Crippen LogP contribution in [-0.4, -0.2) is 12.5 Å². The van der Waals surface area contributed by atoms with Gasteiger partial charge in [-0.3, -0.25) is 4.99 Å². The molecule has 19 heavy (non-hydrogen) atoms. The number of guanidine groups is 1. The zero-order valence-corrected chi connectivity index (χ0v) is 12.2. The third kappa shape index (κ3) is 4.27. The maximum absolute atomic E-state index is 5.95. The Morgan fingerprint density at radius 3 is 2.47 bits per heavy atom. The summed E-state index contributed by atoms with van der Waals surface area (Å²) in [5.74, 6) is 1.27. The third-order valence-corrected chi connectivity index (χ3v) is 3.71. The fourth-order valence-electron chi connectivity index (χ4n) is 2.55. The second-order valence-electron chi connectivity index (χ2n) is 6.29. The normalized spacial score (nSPS) is 17.6. The van der Waals surface area contributed by atoms with Crippen LogP contribution in [0.3, 0.4) is 0 Å². The summed E-state index contributed by atoms with van der Waals surface area (Å²) in [6.45, 7) is 7.48. The van der Waals surface area contributed by atoms with Crippen molar-refractivity contribution in [2.24, 2.45) is 22.1 Å². The van der Waals surface area contributed by atoms with E-state index in [0.717, 1.165) is 18.2 Å². The fourth-order valence-corrected chi connectivity index (χ4v) is 2.55. The Bertz CT molecular complexity index is 442. The number of hydrogen-bond acceptors (Lipinski definition) is 1. The molecule has 3 N–H and O–H groups in total. The highest BCUT2D eigenvalue weighted by atomic mass is 15.1. The van der Waals surface area contributed by atoms with E-state index >= 15 is 0 Å². The first-order valence-electron chi connectivity index (χ1n) is 7.13. The lowest BCUT2D eigenvalue weighted by Crippen LogP contribution is -2.24. The van der Waals surface area contributed by atoms with E-state index in [1.54, 1.807) is 0 Å². The predicted molar refractivity (Wildman–Crippen MR) is 82.4 cm³/mol. The summed E-state index contributed by atoms with van der Waals surface area (Å²) in [4.78, 5) is 4.51. The van der Waals surface area contributed by atoms with Gasteiger partial charge in [-0.1, -0.05) is 31.5 Å². The number of nitrogens with zero attached hydrogens (tertiary/aromatic N) is 1. The number of aryl methyl sites for hydroxylation is 1. The molecule has 0 amide bonds. The van der Waals surface area contributed by atoms with Crippen LogP contribution < -0.4 is 11.1 Å². The van der Waals surface area contributed by atoms with E-state index in [9.17, 15) is 0 Å². The molecule has 3 heteroatoms. The number of nitrogens with one attached hydrogen (secondary N) is 1. The van der Waals surface area contributed by atoms with Crippen LogP contribution in [0, 0.1) is 18.3 Å². The van der Waals surface area contributed by atoms with Gasteiger partial charge in [-0.2, -0.15) is 0 Å². The van der Waals surface area contributed by atoms with Gasteiger partial charge in [0.15, 0.2) is 5.96 Å². The standard InChI is InChI=1S/C16H25N3/c1-12(2)10-16(8-9-16)11-18-15(17)19-14-6-4-13(3)5-7-14/h4-7,12H,8-11H2,1-3H3,(H3,17,18,19). The van der Waals surface area contributed by atoms with Crippen LogP contribution in [0.5, 0.6) is 0 Å². The summed E-state index contributed by atoms with van der Waals surface area (Å²) in [6.07, 6.45) is 3.85. The SMILES string of the molecule is Cc1ccc(NC(N)=NCC2(CC(C)C)CC2)cc1. The molecule has 0 heterocycles. The molecule has 2 rings (SSSR count). The minimum atomic E-state index is 0.438. The van der Waals surface area contributed by atoms with Crippen molar-refractivity contribution in [1.29, 1.82) is 0 Å². The van der Waals surface area contributed by atoms with Crippen molar-refractivity contribution in [1.82, 2.24) is 0 Å². The van der Waals surface area contributed by atoms with Crippen LogP contribution >= 0.6 is 0 Å². The van der Waals surface area contributed by atoms with E-state index in [4.69, 9.17) is 5.73 Å². The predicted octanol–water partition coefficient (Wildman–Crippen LogP) is 3.55. The van der Waals surface area contributed by atoms with Crippen molar-refractivity contribution in [3.8, 4) is 0 Å². The maximum Gasteiger partial charge on any atom is 0.193 e. The van der Waals surface area contributed by atoms with Gasteiger partial charge in [-0.15, -0.1) is 0 Å². The van der Waals surface area contributed by atoms with Gasteiger partial charge in [0.25, 0.3) is 0 Å². The highest BCUT2D eigenvalue weighted by molar-refractivity contribution is 5.92. The quantitative estimate of drug-likeness (QED) is 0.627. The Hall–Kier alpha value is -1.51. The summed E-state index contributed by atoms with van der Waals surface area (Å²) in [6, 6.07) is 8.19. The van der Waals surface area contributed by atoms with Crippen LogP contribution in [0.1, 0.15) is 38.7 Å². The van der Waals surface area contributed by atoms with Crippen molar-refractivity contribution in [3.05, 3.63) is 29.8 Å². The molecule has 0 radical (unpaired) electrons. The summed E-state index contributed by atoms with van der Waals surface area (Å²) < 4.78 is 0. The summed E-state index contributed by atoms with van der Waals surface area (Å²) >= 11 is 0. The van der Waals surface area contributed by atoms with Gasteiger partial charge >= 0.3 is 0 Å². The van der Waals surface area contributed by atoms with Crippen LogP contribution in [0.15, 0.2) is 29.3 Å². The smallest absolute Gasteiger partial charge is 0.193 e. The lowest BCUT2D eigenvalue weighted by molar-refractivity contribution is 0.399. The van der Waals surface area contributed by atoms with E-state index in [0.29, 0.717) is 11.4 Å². The van der Waals surface area contributed by atoms with Gasteiger partial charge in [-0.05, 0) is 49.7 Å². The first-order valence-corrected chi connectivity index (χ1v) is 7.13. The Morgan fingerprint density at radius 2 is 1.95 bits per heavy atom. The van der Waals surface area contributed by atoms with Gasteiger partial charge in [0.05, 0.1) is 0 Å². The number of anilines is 1. The second-order valence-corrected chi connectivity index (χ2v) is 6.29. The van der Waals surface area contributed by atoms with Crippen molar-refractivity contribution in [3.63, 3.8) is 0 Å². The van der Waals surface area contributed by atoms with E-state index in [1.165, 1.54) is 24.8 Å². The zero-order chi connectivity index (χ0) is 13.9. The van der Waals surface area contributed by atoms with Gasteiger partial charge in [0.1, 0.15) is 0 Å². The maximum atomic E-state index is 5.95. The molecule has 1 aliphatic carbocycles. The molecule has 0 aromatic heterocycles. The number of benzene rings is 1. The van der Waals surface area contributed by atoms with E-state index in [-0.39, 0.29) is 0 Å². The summed E-state index contributed by atoms with van der Waals surface area (Å²) in [5, 5.41) is 3.15. The van der Waals surface area contributed by atoms with Crippen LogP contribution in [-0.2, 0) is 0 Å². The molecule has 0 saturated heterocycles. The molecule has 0 unspecified atom stereocenters. The average Bonchev–Trinajstić information content (AvgIpc) is 3.09. The van der Waals surface area contributed by atoms with Gasteiger partial charge in [0, 0.05) is 12.2 Å². The monoisotopic (exact) mass is 259 g/mol. The topological polar surface area (TPSA) is 50.4 Å². The van der Waals surface area contributed by atoms with Crippen molar-refractivity contribution >= 4 is 11.6 Å². The molecule has 1 aromatic carbocycles. The van der Waals surface area contributed by atoms with Crippen LogP contribution in [0.25, 0.3) is 0 Å². The molecule has 0 bridgehead atoms. The van der Waals surface area contributed by atoms with Crippen molar-refractivity contribution in [2.75, 3.05) is 11.9 Å². The number of hydrogen-bond donors (Lipinski definition) is 2. The van der Waals surface area contributed by atoms with Gasteiger partial charge in [0.2, 0.25) is 0 Å². The lowest BCUT2D eigenvalue weighted by atomic mass is 9.94. The van der Waals surface area contributed by atoms with E-state index < -0.39 is 0 Å². The minimum absolute atomic E-state index is 0.438. The van der Waals surface area contributed by atoms with Crippen molar-refractivity contribution < 1.29 is 0 Å². The van der Waals surface area contributed by atoms with Crippen LogP contribution in [0.4, 0.5) is 5.69 Å². The molecule has 1 fully saturated rings. The average molecular weight is 259 g/mol. The molecule has 1 saturated carbocycles. The van der Waals surface area contributed by atoms with Crippen LogP contribution in [0.2, 0.25) is 0 Å². The summed E-state index contributed by atoms with van der Waals surface area (Å²) in [7, 11) is 0. The second kappa shape index (κ2) is 5.64. The Kier molecular flexibility index (Phi) is 4.13. The fraction of sp³-hybridized carbons (Fsp3) is 0.562. The lowest BCUT2D eigenvalue weighted by Gasteiger charge is -2.15. The molecule has 104 valence electrons. The zero-order valence-electron chi connectivity index (χ0n) is 12.2. The third-order valence-electron chi connectivity index (χ3n) is 3.71. The molecule has 0 atom stereocenters. The Morgan fingerprint density at radius 1 is 1.32 bits per heavy atom. The number of rotatable bonds is 5. The molecular formula is C16H25N3. The minimum Gasteiger partial charge on any atom is -0.370 e. The van der Waals surface area contributed by atoms with E-state index in [2.05, 4.69) is 43.2 Å². The molecule has 1 aromatic rings. The molecular weight excluding hydrogens is 234 g/mol. The molecule has 0 aliphatic heterocycles. The molecule has 3 nitrogen and oxygen atoms in total. The first-order chi connectivity index (χ1) is 8.99. The van der Waals surface area contributed by atoms with Gasteiger partial charge in [-0.25, -0.2) is 0 Å². The highest BCUT2D eigenvalue weighted by Gasteiger charge is 2.42. The Labute approximate surface area is 116 Å². The summed E-state index contributed by atoms with van der Waals surface area (Å²) in [5.41, 5.74) is 8.63. The Balaban J connectivity index is 1.87. The number of nitrogens with two attached hydrogens (primary N) is 1. The van der Waals surface area contributed by atoms with E-state index in [1.807, 2.05) is 12.1 Å². The largest absolute Gasteiger partial charge is 0.370 e. The highest BCUT2D eigenvalue weighted by Crippen LogP contribution is 2.50. The number of aliphatic imine (C=N–C) groups is 1. The molecule has 0 spiro atoms. The molecule has 1 aliphatic rings. The first kappa shape index (κ1) is 13.9. The van der Waals surface area contributed by atoms with Gasteiger partial charge < -0.3 is 11.1 Å². The van der Waals surface area contributed by atoms with Crippen molar-refractivity contribution in [2.45, 2.75) is 40.0 Å².